The Kier molecular flexibility index (Phi) is 5.14. The first kappa shape index (κ1) is 19.1. The third-order valence-corrected chi connectivity index (χ3v) is 6.69. The van der Waals surface area contributed by atoms with Crippen LogP contribution in [0, 0.1) is 0 Å². The average Bonchev–Trinajstić information content (AvgIpc) is 3.27. The number of nitrogens with zero attached hydrogens (tertiary/aromatic N) is 4. The van der Waals surface area contributed by atoms with Gasteiger partial charge in [-0.3, -0.25) is 4.90 Å². The van der Waals surface area contributed by atoms with E-state index in [1.165, 1.54) is 0 Å². The summed E-state index contributed by atoms with van der Waals surface area (Å²) in [5, 5.41) is 4.39. The minimum absolute atomic E-state index is 0.0721. The van der Waals surface area contributed by atoms with E-state index in [0.717, 1.165) is 60.0 Å². The molecule has 2 aliphatic rings. The summed E-state index contributed by atoms with van der Waals surface area (Å²) in [5.74, 6) is 2.25. The number of thioether (sulfide) groups is 1. The van der Waals surface area contributed by atoms with Crippen LogP contribution in [0.25, 0.3) is 5.65 Å². The number of hydrogen-bond donors (Lipinski definition) is 0. The molecule has 0 N–H and O–H groups in total. The van der Waals surface area contributed by atoms with Crippen LogP contribution < -0.4 is 0 Å². The van der Waals surface area contributed by atoms with Crippen molar-refractivity contribution in [1.82, 2.24) is 19.5 Å². The van der Waals surface area contributed by atoms with Gasteiger partial charge in [-0.25, -0.2) is 9.50 Å². The van der Waals surface area contributed by atoms with Crippen molar-refractivity contribution < 1.29 is 13.2 Å². The van der Waals surface area contributed by atoms with Gasteiger partial charge in [-0.05, 0) is 55.7 Å². The second kappa shape index (κ2) is 7.28. The molecule has 2 aliphatic heterocycles. The molecule has 8 heteroatoms. The maximum atomic E-state index is 13.6. The third-order valence-electron chi connectivity index (χ3n) is 5.64. The first-order valence-corrected chi connectivity index (χ1v) is 10.8. The minimum atomic E-state index is -4.45. The summed E-state index contributed by atoms with van der Waals surface area (Å²) >= 11 is 1.99. The number of aromatic nitrogens is 3. The smallest absolute Gasteiger partial charge is 0.292 e. The number of alkyl halides is 3. The zero-order chi connectivity index (χ0) is 19.2. The summed E-state index contributed by atoms with van der Waals surface area (Å²) in [4.78, 5) is 6.93. The van der Waals surface area contributed by atoms with Crippen molar-refractivity contribution in [3.8, 4) is 0 Å². The molecule has 0 spiro atoms. The summed E-state index contributed by atoms with van der Waals surface area (Å²) in [6, 6.07) is 3.52. The normalized spacial score (nSPS) is 23.0. The Hall–Kier alpha value is -1.28. The average molecular weight is 398 g/mol. The largest absolute Gasteiger partial charge is 0.433 e. The summed E-state index contributed by atoms with van der Waals surface area (Å²) in [6.07, 6.45) is -0.134. The standard InChI is InChI=1S/C19H25F3N4S/c1-12(2)14-10-17(19(20,21)22)26-18(23-14)11-15(24-26)16-4-3-7-25(16)13-5-8-27-9-6-13/h10-13,16H,3-9H2,1-2H3/t16-/m1/s1. The molecule has 4 rings (SSSR count). The van der Waals surface area contributed by atoms with Gasteiger partial charge in [0.05, 0.1) is 11.7 Å². The fourth-order valence-corrected chi connectivity index (χ4v) is 5.31. The molecule has 2 fully saturated rings. The van der Waals surface area contributed by atoms with Crippen LogP contribution in [0.15, 0.2) is 12.1 Å². The molecule has 2 saturated heterocycles. The maximum absolute atomic E-state index is 13.6. The highest BCUT2D eigenvalue weighted by molar-refractivity contribution is 7.99. The Balaban J connectivity index is 1.74. The fourth-order valence-electron chi connectivity index (χ4n) is 4.23. The lowest BCUT2D eigenvalue weighted by atomic mass is 10.1. The summed E-state index contributed by atoms with van der Waals surface area (Å²) in [5.41, 5.74) is 0.745. The van der Waals surface area contributed by atoms with Crippen LogP contribution in [0.4, 0.5) is 13.2 Å². The molecule has 4 heterocycles. The molecule has 1 atom stereocenters. The molecule has 27 heavy (non-hydrogen) atoms. The summed E-state index contributed by atoms with van der Waals surface area (Å²) in [7, 11) is 0. The van der Waals surface area contributed by atoms with Gasteiger partial charge in [0.15, 0.2) is 5.65 Å². The molecule has 0 saturated carbocycles. The van der Waals surface area contributed by atoms with Gasteiger partial charge >= 0.3 is 6.18 Å². The lowest BCUT2D eigenvalue weighted by molar-refractivity contribution is -0.142. The molecule has 148 valence electrons. The van der Waals surface area contributed by atoms with Crippen LogP contribution in [0.2, 0.25) is 0 Å². The van der Waals surface area contributed by atoms with Gasteiger partial charge in [-0.2, -0.15) is 30.0 Å². The molecule has 0 radical (unpaired) electrons. The predicted octanol–water partition coefficient (Wildman–Crippen LogP) is 4.90. The van der Waals surface area contributed by atoms with E-state index in [-0.39, 0.29) is 12.0 Å². The Morgan fingerprint density at radius 2 is 1.89 bits per heavy atom. The van der Waals surface area contributed by atoms with E-state index in [0.29, 0.717) is 17.4 Å². The van der Waals surface area contributed by atoms with Crippen LogP contribution in [-0.2, 0) is 6.18 Å². The van der Waals surface area contributed by atoms with E-state index in [2.05, 4.69) is 15.0 Å². The highest BCUT2D eigenvalue weighted by Gasteiger charge is 2.37. The molecule has 0 bridgehead atoms. The van der Waals surface area contributed by atoms with E-state index in [9.17, 15) is 13.2 Å². The van der Waals surface area contributed by atoms with Crippen molar-refractivity contribution >= 4 is 17.4 Å². The predicted molar refractivity (Wildman–Crippen MR) is 101 cm³/mol. The first-order valence-electron chi connectivity index (χ1n) is 9.66. The van der Waals surface area contributed by atoms with Crippen molar-refractivity contribution in [1.29, 1.82) is 0 Å². The summed E-state index contributed by atoms with van der Waals surface area (Å²) in [6.45, 7) is 4.72. The van der Waals surface area contributed by atoms with Crippen molar-refractivity contribution in [2.45, 2.75) is 63.7 Å². The number of hydrogen-bond acceptors (Lipinski definition) is 4. The highest BCUT2D eigenvalue weighted by atomic mass is 32.2. The van der Waals surface area contributed by atoms with Crippen LogP contribution in [-0.4, -0.2) is 43.6 Å². The van der Waals surface area contributed by atoms with Crippen LogP contribution >= 0.6 is 11.8 Å². The van der Waals surface area contributed by atoms with Gasteiger partial charge in [0.2, 0.25) is 0 Å². The fraction of sp³-hybridized carbons (Fsp3) is 0.684. The quantitative estimate of drug-likeness (QED) is 0.736. The van der Waals surface area contributed by atoms with Gasteiger partial charge in [-0.1, -0.05) is 13.8 Å². The third kappa shape index (κ3) is 3.70. The molecule has 4 nitrogen and oxygen atoms in total. The van der Waals surface area contributed by atoms with E-state index >= 15 is 0 Å². The molecule has 2 aromatic rings. The van der Waals surface area contributed by atoms with Crippen molar-refractivity contribution in [2.24, 2.45) is 0 Å². The van der Waals surface area contributed by atoms with E-state index < -0.39 is 11.9 Å². The van der Waals surface area contributed by atoms with Gasteiger partial charge in [-0.15, -0.1) is 0 Å². The van der Waals surface area contributed by atoms with Crippen LogP contribution in [0.3, 0.4) is 0 Å². The molecular weight excluding hydrogens is 373 g/mol. The lowest BCUT2D eigenvalue weighted by Crippen LogP contribution is -2.37. The van der Waals surface area contributed by atoms with Crippen LogP contribution in [0.5, 0.6) is 0 Å². The van der Waals surface area contributed by atoms with Gasteiger partial charge in [0.1, 0.15) is 5.69 Å². The number of likely N-dealkylation sites (tertiary alicyclic amines) is 1. The SMILES string of the molecule is CC(C)c1cc(C(F)(F)F)n2nc([C@H]3CCCN3C3CCSCC3)cc2n1. The molecule has 2 aromatic heterocycles. The van der Waals surface area contributed by atoms with Crippen molar-refractivity contribution in [3.63, 3.8) is 0 Å². The zero-order valence-corrected chi connectivity index (χ0v) is 16.5. The minimum Gasteiger partial charge on any atom is -0.292 e. The molecule has 0 unspecified atom stereocenters. The monoisotopic (exact) mass is 398 g/mol. The Labute approximate surface area is 161 Å². The highest BCUT2D eigenvalue weighted by Crippen LogP contribution is 2.38. The molecule has 0 aliphatic carbocycles. The van der Waals surface area contributed by atoms with Gasteiger partial charge in [0, 0.05) is 17.8 Å². The number of halogens is 3. The van der Waals surface area contributed by atoms with Gasteiger partial charge in [0.25, 0.3) is 0 Å². The first-order chi connectivity index (χ1) is 12.8. The van der Waals surface area contributed by atoms with Crippen molar-refractivity contribution in [3.05, 3.63) is 29.2 Å². The van der Waals surface area contributed by atoms with Crippen LogP contribution in [0.1, 0.15) is 68.6 Å². The van der Waals surface area contributed by atoms with E-state index in [1.807, 2.05) is 25.6 Å². The molecular formula is C19H25F3N4S. The van der Waals surface area contributed by atoms with E-state index in [4.69, 9.17) is 0 Å². The van der Waals surface area contributed by atoms with Crippen molar-refractivity contribution in [2.75, 3.05) is 18.1 Å². The van der Waals surface area contributed by atoms with E-state index in [1.54, 1.807) is 6.07 Å². The Bertz CT molecular complexity index is 811. The Morgan fingerprint density at radius 1 is 1.15 bits per heavy atom. The number of rotatable bonds is 3. The second-order valence-corrected chi connectivity index (χ2v) is 9.02. The summed E-state index contributed by atoms with van der Waals surface area (Å²) < 4.78 is 41.8. The molecule has 0 amide bonds. The zero-order valence-electron chi connectivity index (χ0n) is 15.7. The lowest BCUT2D eigenvalue weighted by Gasteiger charge is -2.34. The Morgan fingerprint density at radius 3 is 2.56 bits per heavy atom. The second-order valence-electron chi connectivity index (χ2n) is 7.80. The molecule has 0 aromatic carbocycles. The maximum Gasteiger partial charge on any atom is 0.433 e. The topological polar surface area (TPSA) is 33.4 Å². The van der Waals surface area contributed by atoms with Gasteiger partial charge < -0.3 is 0 Å². The number of fused-ring (bicyclic) bond motifs is 1.